The van der Waals surface area contributed by atoms with Gasteiger partial charge in [0.25, 0.3) is 0 Å². The molecule has 0 aliphatic heterocycles. The van der Waals surface area contributed by atoms with E-state index >= 15 is 0 Å². The number of aromatic nitrogens is 2. The molecule has 4 heteroatoms. The molecule has 0 saturated heterocycles. The first kappa shape index (κ1) is 11.6. The predicted molar refractivity (Wildman–Crippen MR) is 71.2 cm³/mol. The van der Waals surface area contributed by atoms with Crippen LogP contribution in [0.4, 0.5) is 4.39 Å². The Morgan fingerprint density at radius 2 is 1.89 bits per heavy atom. The highest BCUT2D eigenvalue weighted by Crippen LogP contribution is 2.22. The van der Waals surface area contributed by atoms with Crippen LogP contribution in [0.1, 0.15) is 16.2 Å². The van der Waals surface area contributed by atoms with Gasteiger partial charge in [0.05, 0.1) is 11.0 Å². The van der Waals surface area contributed by atoms with E-state index in [0.717, 1.165) is 28.8 Å². The van der Waals surface area contributed by atoms with Gasteiger partial charge < -0.3 is 0 Å². The number of halogens is 1. The fourth-order valence-corrected chi connectivity index (χ4v) is 2.20. The summed E-state index contributed by atoms with van der Waals surface area (Å²) < 4.78 is 14.9. The Morgan fingerprint density at radius 3 is 2.58 bits per heavy atom. The summed E-state index contributed by atoms with van der Waals surface area (Å²) in [5.41, 5.74) is 3.07. The maximum absolute atomic E-state index is 13.0. The van der Waals surface area contributed by atoms with Crippen LogP contribution in [0.5, 0.6) is 0 Å². The number of benzene rings is 2. The van der Waals surface area contributed by atoms with Crippen LogP contribution in [0.3, 0.4) is 0 Å². The standard InChI is InChI=1S/C15H11FN2O/c1-10-17-14-7-2-11(9-19)8-15(14)18(10)13-5-3-12(16)4-6-13/h2-9H,1H3. The number of carbonyl (C=O) groups is 1. The summed E-state index contributed by atoms with van der Waals surface area (Å²) in [5, 5.41) is 0. The molecule has 0 saturated carbocycles. The molecule has 0 fully saturated rings. The number of aryl methyl sites for hydroxylation is 1. The first-order chi connectivity index (χ1) is 9.19. The van der Waals surface area contributed by atoms with E-state index in [1.165, 1.54) is 12.1 Å². The summed E-state index contributed by atoms with van der Waals surface area (Å²) in [5.74, 6) is 0.518. The molecule has 3 aromatic rings. The molecule has 2 aromatic carbocycles. The van der Waals surface area contributed by atoms with Crippen LogP contribution < -0.4 is 0 Å². The third kappa shape index (κ3) is 1.91. The van der Waals surface area contributed by atoms with Crippen molar-refractivity contribution in [3.05, 3.63) is 59.7 Å². The topological polar surface area (TPSA) is 34.9 Å². The summed E-state index contributed by atoms with van der Waals surface area (Å²) in [7, 11) is 0. The quantitative estimate of drug-likeness (QED) is 0.658. The van der Waals surface area contributed by atoms with Gasteiger partial charge in [0, 0.05) is 11.3 Å². The number of hydrogen-bond donors (Lipinski definition) is 0. The Balaban J connectivity index is 2.29. The Bertz CT molecular complexity index is 760. The molecule has 3 nitrogen and oxygen atoms in total. The van der Waals surface area contributed by atoms with Gasteiger partial charge in [-0.3, -0.25) is 9.36 Å². The monoisotopic (exact) mass is 254 g/mol. The number of fused-ring (bicyclic) bond motifs is 1. The third-order valence-corrected chi connectivity index (χ3v) is 3.07. The Hall–Kier alpha value is -2.49. The second-order valence-corrected chi connectivity index (χ2v) is 4.34. The van der Waals surface area contributed by atoms with Gasteiger partial charge in [0.2, 0.25) is 0 Å². The van der Waals surface area contributed by atoms with Crippen LogP contribution >= 0.6 is 0 Å². The lowest BCUT2D eigenvalue weighted by Gasteiger charge is -2.06. The van der Waals surface area contributed by atoms with Crippen molar-refractivity contribution in [3.8, 4) is 5.69 Å². The number of imidazole rings is 1. The highest BCUT2D eigenvalue weighted by Gasteiger charge is 2.09. The second kappa shape index (κ2) is 4.31. The van der Waals surface area contributed by atoms with E-state index in [1.54, 1.807) is 24.3 Å². The SMILES string of the molecule is Cc1nc2ccc(C=O)cc2n1-c1ccc(F)cc1. The molecule has 0 radical (unpaired) electrons. The van der Waals surface area contributed by atoms with Gasteiger partial charge >= 0.3 is 0 Å². The number of carbonyl (C=O) groups excluding carboxylic acids is 1. The minimum atomic E-state index is -0.278. The zero-order chi connectivity index (χ0) is 13.4. The number of nitrogens with zero attached hydrogens (tertiary/aromatic N) is 2. The van der Waals surface area contributed by atoms with E-state index in [2.05, 4.69) is 4.98 Å². The van der Waals surface area contributed by atoms with Crippen molar-refractivity contribution in [1.82, 2.24) is 9.55 Å². The summed E-state index contributed by atoms with van der Waals surface area (Å²) in [6, 6.07) is 11.5. The summed E-state index contributed by atoms with van der Waals surface area (Å²) in [6.07, 6.45) is 0.802. The molecular formula is C15H11FN2O. The average Bonchev–Trinajstić information content (AvgIpc) is 2.75. The number of aldehydes is 1. The van der Waals surface area contributed by atoms with Crippen LogP contribution in [-0.2, 0) is 0 Å². The van der Waals surface area contributed by atoms with E-state index in [0.29, 0.717) is 5.56 Å². The van der Waals surface area contributed by atoms with E-state index in [-0.39, 0.29) is 5.82 Å². The maximum atomic E-state index is 13.0. The van der Waals surface area contributed by atoms with Crippen molar-refractivity contribution in [2.45, 2.75) is 6.92 Å². The van der Waals surface area contributed by atoms with Crippen molar-refractivity contribution in [2.75, 3.05) is 0 Å². The Labute approximate surface area is 109 Å². The van der Waals surface area contributed by atoms with Crippen LogP contribution in [-0.4, -0.2) is 15.8 Å². The van der Waals surface area contributed by atoms with Crippen molar-refractivity contribution in [3.63, 3.8) is 0 Å². The van der Waals surface area contributed by atoms with Gasteiger partial charge in [-0.25, -0.2) is 9.37 Å². The minimum Gasteiger partial charge on any atom is -0.298 e. The molecule has 0 N–H and O–H groups in total. The molecule has 1 heterocycles. The second-order valence-electron chi connectivity index (χ2n) is 4.34. The highest BCUT2D eigenvalue weighted by molar-refractivity contribution is 5.86. The fourth-order valence-electron chi connectivity index (χ4n) is 2.20. The van der Waals surface area contributed by atoms with E-state index in [9.17, 15) is 9.18 Å². The van der Waals surface area contributed by atoms with Gasteiger partial charge in [-0.2, -0.15) is 0 Å². The zero-order valence-electron chi connectivity index (χ0n) is 10.3. The van der Waals surface area contributed by atoms with Crippen LogP contribution in [0, 0.1) is 12.7 Å². The summed E-state index contributed by atoms with van der Waals surface area (Å²) in [6.45, 7) is 1.88. The molecule has 94 valence electrons. The Morgan fingerprint density at radius 1 is 1.16 bits per heavy atom. The molecule has 19 heavy (non-hydrogen) atoms. The van der Waals surface area contributed by atoms with E-state index in [1.807, 2.05) is 17.6 Å². The lowest BCUT2D eigenvalue weighted by atomic mass is 10.2. The van der Waals surface area contributed by atoms with Gasteiger partial charge in [-0.05, 0) is 49.4 Å². The number of hydrogen-bond acceptors (Lipinski definition) is 2. The van der Waals surface area contributed by atoms with Crippen LogP contribution in [0.25, 0.3) is 16.7 Å². The molecule has 0 aliphatic carbocycles. The lowest BCUT2D eigenvalue weighted by Crippen LogP contribution is -1.97. The van der Waals surface area contributed by atoms with Crippen molar-refractivity contribution in [2.24, 2.45) is 0 Å². The number of rotatable bonds is 2. The molecule has 0 amide bonds. The summed E-state index contributed by atoms with van der Waals surface area (Å²) in [4.78, 5) is 15.3. The zero-order valence-corrected chi connectivity index (χ0v) is 10.3. The normalized spacial score (nSPS) is 10.8. The van der Waals surface area contributed by atoms with Gasteiger partial charge in [0.15, 0.2) is 0 Å². The fraction of sp³-hybridized carbons (Fsp3) is 0.0667. The van der Waals surface area contributed by atoms with E-state index in [4.69, 9.17) is 0 Å². The molecule has 0 aliphatic rings. The molecule has 0 atom stereocenters. The van der Waals surface area contributed by atoms with Gasteiger partial charge in [-0.1, -0.05) is 0 Å². The van der Waals surface area contributed by atoms with Crippen molar-refractivity contribution < 1.29 is 9.18 Å². The maximum Gasteiger partial charge on any atom is 0.150 e. The largest absolute Gasteiger partial charge is 0.298 e. The molecule has 0 bridgehead atoms. The first-order valence-electron chi connectivity index (χ1n) is 5.89. The third-order valence-electron chi connectivity index (χ3n) is 3.07. The average molecular weight is 254 g/mol. The van der Waals surface area contributed by atoms with Crippen molar-refractivity contribution in [1.29, 1.82) is 0 Å². The molecule has 1 aromatic heterocycles. The van der Waals surface area contributed by atoms with Crippen LogP contribution in [0.15, 0.2) is 42.5 Å². The first-order valence-corrected chi connectivity index (χ1v) is 5.89. The predicted octanol–water partition coefficient (Wildman–Crippen LogP) is 3.29. The van der Waals surface area contributed by atoms with Crippen molar-refractivity contribution >= 4 is 17.3 Å². The molecule has 3 rings (SSSR count). The van der Waals surface area contributed by atoms with Crippen LogP contribution in [0.2, 0.25) is 0 Å². The van der Waals surface area contributed by atoms with Gasteiger partial charge in [0.1, 0.15) is 17.9 Å². The lowest BCUT2D eigenvalue weighted by molar-refractivity contribution is 0.112. The Kier molecular flexibility index (Phi) is 2.63. The molecule has 0 spiro atoms. The molecule has 0 unspecified atom stereocenters. The summed E-state index contributed by atoms with van der Waals surface area (Å²) >= 11 is 0. The molecular weight excluding hydrogens is 243 g/mol. The highest BCUT2D eigenvalue weighted by atomic mass is 19.1. The van der Waals surface area contributed by atoms with E-state index < -0.39 is 0 Å². The minimum absolute atomic E-state index is 0.278. The van der Waals surface area contributed by atoms with Gasteiger partial charge in [-0.15, -0.1) is 0 Å². The smallest absolute Gasteiger partial charge is 0.150 e.